The molecule has 0 aliphatic heterocycles. The number of nitrogens with one attached hydrogen (secondary N) is 1. The Bertz CT molecular complexity index is 731. The maximum absolute atomic E-state index is 12.2. The summed E-state index contributed by atoms with van der Waals surface area (Å²) in [6.07, 6.45) is -1.29. The molecule has 0 radical (unpaired) electrons. The number of methoxy groups -OCH3 is 1. The molecule has 1 unspecified atom stereocenters. The van der Waals surface area contributed by atoms with Gasteiger partial charge in [-0.25, -0.2) is 4.98 Å². The smallest absolute Gasteiger partial charge is 0.411 e. The molecular weight excluding hydrogens is 351 g/mol. The zero-order valence-corrected chi connectivity index (χ0v) is 14.4. The lowest BCUT2D eigenvalue weighted by Gasteiger charge is -2.21. The lowest BCUT2D eigenvalue weighted by molar-refractivity contribution is -0.174. The fourth-order valence-corrected chi connectivity index (χ4v) is 2.43. The van der Waals surface area contributed by atoms with Gasteiger partial charge in [0.05, 0.1) is 13.7 Å². The zero-order valence-electron chi connectivity index (χ0n) is 14.4. The first-order chi connectivity index (χ1) is 12.3. The number of alkyl halides is 3. The highest BCUT2D eigenvalue weighted by molar-refractivity contribution is 5.77. The monoisotopic (exact) mass is 371 g/mol. The Morgan fingerprint density at radius 2 is 2.08 bits per heavy atom. The van der Waals surface area contributed by atoms with Crippen LogP contribution in [0.2, 0.25) is 0 Å². The van der Waals surface area contributed by atoms with Crippen molar-refractivity contribution in [2.45, 2.75) is 18.6 Å². The largest absolute Gasteiger partial charge is 0.496 e. The van der Waals surface area contributed by atoms with Crippen molar-refractivity contribution in [2.75, 3.05) is 20.3 Å². The Morgan fingerprint density at radius 1 is 1.35 bits per heavy atom. The van der Waals surface area contributed by atoms with E-state index in [-0.39, 0.29) is 13.0 Å². The van der Waals surface area contributed by atoms with Gasteiger partial charge in [0.2, 0.25) is 5.91 Å². The van der Waals surface area contributed by atoms with Crippen LogP contribution in [0.15, 0.2) is 36.7 Å². The number of amides is 1. The number of carbonyl (C=O) groups is 1. The van der Waals surface area contributed by atoms with Crippen LogP contribution in [0.5, 0.6) is 5.75 Å². The number of aromatic nitrogens is 2. The Morgan fingerprint density at radius 3 is 2.69 bits per heavy atom. The highest BCUT2D eigenvalue weighted by Crippen LogP contribution is 2.29. The quantitative estimate of drug-likeness (QED) is 0.725. The molecule has 142 valence electrons. The molecule has 0 spiro atoms. The van der Waals surface area contributed by atoms with Gasteiger partial charge >= 0.3 is 6.18 Å². The average Bonchev–Trinajstić information content (AvgIpc) is 3.01. The van der Waals surface area contributed by atoms with Crippen LogP contribution in [0.3, 0.4) is 0 Å². The second-order valence-corrected chi connectivity index (χ2v) is 5.56. The topological polar surface area (TPSA) is 65.4 Å². The lowest BCUT2D eigenvalue weighted by Crippen LogP contribution is -2.32. The van der Waals surface area contributed by atoms with Crippen LogP contribution in [-0.2, 0) is 16.6 Å². The molecule has 0 aliphatic rings. The number of hydrogen-bond acceptors (Lipinski definition) is 4. The van der Waals surface area contributed by atoms with E-state index in [0.29, 0.717) is 17.1 Å². The van der Waals surface area contributed by atoms with Gasteiger partial charge in [-0.2, -0.15) is 13.2 Å². The molecule has 0 saturated carbocycles. The van der Waals surface area contributed by atoms with Crippen molar-refractivity contribution >= 4 is 5.91 Å². The first kappa shape index (κ1) is 19.8. The fourth-order valence-electron chi connectivity index (χ4n) is 2.43. The van der Waals surface area contributed by atoms with E-state index in [9.17, 15) is 18.0 Å². The molecule has 2 aromatic rings. The molecule has 0 saturated heterocycles. The molecule has 1 heterocycles. The van der Waals surface area contributed by atoms with Crippen molar-refractivity contribution in [3.63, 3.8) is 0 Å². The Kier molecular flexibility index (Phi) is 6.62. The number of ether oxygens (including phenoxy) is 2. The summed E-state index contributed by atoms with van der Waals surface area (Å²) in [5, 5.41) is 2.79. The standard InChI is InChI=1S/C17H20F3N3O3/c1-23-9-8-21-16(23)15(12-5-3-4-6-13(12)25-2)22-14(24)7-10-26-11-17(18,19)20/h3-6,8-9,15H,7,10-11H2,1-2H3,(H,22,24). The number of imidazole rings is 1. The number of benzene rings is 1. The molecule has 1 aromatic heterocycles. The molecule has 9 heteroatoms. The number of nitrogens with zero attached hydrogens (tertiary/aromatic N) is 2. The molecule has 0 fully saturated rings. The average molecular weight is 371 g/mol. The summed E-state index contributed by atoms with van der Waals surface area (Å²) in [4.78, 5) is 16.5. The molecule has 6 nitrogen and oxygen atoms in total. The summed E-state index contributed by atoms with van der Waals surface area (Å²) in [7, 11) is 3.30. The van der Waals surface area contributed by atoms with E-state index in [1.54, 1.807) is 48.3 Å². The van der Waals surface area contributed by atoms with Gasteiger partial charge in [-0.05, 0) is 6.07 Å². The molecule has 0 aliphatic carbocycles. The fraction of sp³-hybridized carbons (Fsp3) is 0.412. The molecular formula is C17H20F3N3O3. The van der Waals surface area contributed by atoms with Gasteiger partial charge in [-0.3, -0.25) is 4.79 Å². The second kappa shape index (κ2) is 8.70. The highest BCUT2D eigenvalue weighted by atomic mass is 19.4. The maximum Gasteiger partial charge on any atom is 0.411 e. The summed E-state index contributed by atoms with van der Waals surface area (Å²) < 4.78 is 47.8. The van der Waals surface area contributed by atoms with E-state index in [1.165, 1.54) is 7.11 Å². The molecule has 0 bridgehead atoms. The van der Waals surface area contributed by atoms with Gasteiger partial charge in [0.15, 0.2) is 0 Å². The van der Waals surface area contributed by atoms with E-state index in [1.807, 2.05) is 0 Å². The van der Waals surface area contributed by atoms with Crippen LogP contribution in [-0.4, -0.2) is 42.0 Å². The predicted molar refractivity (Wildman–Crippen MR) is 87.7 cm³/mol. The zero-order chi connectivity index (χ0) is 19.2. The third-order valence-electron chi connectivity index (χ3n) is 3.61. The van der Waals surface area contributed by atoms with Crippen molar-refractivity contribution in [1.29, 1.82) is 0 Å². The summed E-state index contributed by atoms with van der Waals surface area (Å²) in [6, 6.07) is 6.53. The van der Waals surface area contributed by atoms with E-state index in [2.05, 4.69) is 15.0 Å². The highest BCUT2D eigenvalue weighted by Gasteiger charge is 2.28. The Labute approximate surface area is 148 Å². The van der Waals surface area contributed by atoms with E-state index >= 15 is 0 Å². The first-order valence-electron chi connectivity index (χ1n) is 7.86. The van der Waals surface area contributed by atoms with Crippen LogP contribution < -0.4 is 10.1 Å². The first-order valence-corrected chi connectivity index (χ1v) is 7.86. The van der Waals surface area contributed by atoms with Crippen molar-refractivity contribution < 1.29 is 27.4 Å². The Balaban J connectivity index is 2.11. The number of hydrogen-bond donors (Lipinski definition) is 1. The normalized spacial score (nSPS) is 12.7. The van der Waals surface area contributed by atoms with Crippen LogP contribution in [0.4, 0.5) is 13.2 Å². The third kappa shape index (κ3) is 5.48. The third-order valence-corrected chi connectivity index (χ3v) is 3.61. The van der Waals surface area contributed by atoms with Crippen LogP contribution in [0.1, 0.15) is 23.9 Å². The van der Waals surface area contributed by atoms with Crippen molar-refractivity contribution in [2.24, 2.45) is 7.05 Å². The number of rotatable bonds is 8. The molecule has 1 atom stereocenters. The second-order valence-electron chi connectivity index (χ2n) is 5.56. The SMILES string of the molecule is COc1ccccc1C(NC(=O)CCOCC(F)(F)F)c1nccn1C. The molecule has 26 heavy (non-hydrogen) atoms. The number of carbonyl (C=O) groups excluding carboxylic acids is 1. The number of para-hydroxylation sites is 1. The van der Waals surface area contributed by atoms with Crippen molar-refractivity contribution in [3.05, 3.63) is 48.0 Å². The van der Waals surface area contributed by atoms with Crippen molar-refractivity contribution in [1.82, 2.24) is 14.9 Å². The van der Waals surface area contributed by atoms with Crippen LogP contribution >= 0.6 is 0 Å². The van der Waals surface area contributed by atoms with Gasteiger partial charge in [-0.1, -0.05) is 18.2 Å². The summed E-state index contributed by atoms with van der Waals surface area (Å²) in [6.45, 7) is -1.71. The van der Waals surface area contributed by atoms with Gasteiger partial charge in [0.25, 0.3) is 0 Å². The summed E-state index contributed by atoms with van der Waals surface area (Å²) in [5.74, 6) is 0.680. The minimum absolute atomic E-state index is 0.202. The lowest BCUT2D eigenvalue weighted by atomic mass is 10.0. The molecule has 1 amide bonds. The molecule has 2 rings (SSSR count). The minimum Gasteiger partial charge on any atom is -0.496 e. The van der Waals surface area contributed by atoms with Crippen LogP contribution in [0, 0.1) is 0 Å². The van der Waals surface area contributed by atoms with Crippen molar-refractivity contribution in [3.8, 4) is 5.75 Å². The summed E-state index contributed by atoms with van der Waals surface area (Å²) in [5.41, 5.74) is 0.689. The van der Waals surface area contributed by atoms with E-state index < -0.39 is 24.7 Å². The van der Waals surface area contributed by atoms with Gasteiger partial charge in [0.1, 0.15) is 24.2 Å². The van der Waals surface area contributed by atoms with E-state index in [0.717, 1.165) is 0 Å². The number of aryl methyl sites for hydroxylation is 1. The Hall–Kier alpha value is -2.55. The minimum atomic E-state index is -4.41. The molecule has 1 aromatic carbocycles. The predicted octanol–water partition coefficient (Wildman–Crippen LogP) is 2.60. The molecule has 1 N–H and O–H groups in total. The van der Waals surface area contributed by atoms with Crippen LogP contribution in [0.25, 0.3) is 0 Å². The maximum atomic E-state index is 12.2. The number of halogens is 3. The summed E-state index contributed by atoms with van der Waals surface area (Å²) >= 11 is 0. The van der Waals surface area contributed by atoms with Gasteiger partial charge < -0.3 is 19.4 Å². The van der Waals surface area contributed by atoms with E-state index in [4.69, 9.17) is 4.74 Å². The van der Waals surface area contributed by atoms with Gasteiger partial charge in [-0.15, -0.1) is 0 Å². The van der Waals surface area contributed by atoms with Gasteiger partial charge in [0, 0.05) is 31.4 Å².